The molecule has 29 heavy (non-hydrogen) atoms. The van der Waals surface area contributed by atoms with Crippen LogP contribution in [0.25, 0.3) is 21.0 Å². The number of halogens is 2. The first-order valence-corrected chi connectivity index (χ1v) is 9.42. The van der Waals surface area contributed by atoms with Gasteiger partial charge in [0.15, 0.2) is 4.80 Å². The lowest BCUT2D eigenvalue weighted by Crippen LogP contribution is -2.22. The van der Waals surface area contributed by atoms with Gasteiger partial charge in [-0.3, -0.25) is 9.59 Å². The fraction of sp³-hybridized carbons (Fsp3) is 0.0952. The molecule has 4 rings (SSSR count). The van der Waals surface area contributed by atoms with E-state index in [2.05, 4.69) is 4.99 Å². The zero-order chi connectivity index (χ0) is 20.5. The third-order valence-corrected chi connectivity index (χ3v) is 5.59. The molecule has 0 unspecified atom stereocenters. The fourth-order valence-corrected chi connectivity index (χ4v) is 4.24. The maximum Gasteiger partial charge on any atom is 0.325 e. The number of carbonyl (C=O) groups excluding carboxylic acids is 2. The lowest BCUT2D eigenvalue weighted by Gasteiger charge is -2.05. The summed E-state index contributed by atoms with van der Waals surface area (Å²) < 4.78 is 35.0. The number of methoxy groups -OCH3 is 1. The molecule has 0 radical (unpaired) electrons. The minimum atomic E-state index is -1.06. The van der Waals surface area contributed by atoms with Crippen molar-refractivity contribution in [2.45, 2.75) is 6.54 Å². The van der Waals surface area contributed by atoms with Gasteiger partial charge in [-0.1, -0.05) is 47.7 Å². The van der Waals surface area contributed by atoms with E-state index >= 15 is 0 Å². The van der Waals surface area contributed by atoms with Crippen molar-refractivity contribution in [1.82, 2.24) is 4.57 Å². The summed E-state index contributed by atoms with van der Waals surface area (Å²) in [7, 11) is 1.25. The first-order chi connectivity index (χ1) is 14.0. The molecule has 3 aromatic carbocycles. The summed E-state index contributed by atoms with van der Waals surface area (Å²) in [4.78, 5) is 28.5. The maximum atomic E-state index is 14.0. The van der Waals surface area contributed by atoms with E-state index in [0.717, 1.165) is 38.9 Å². The second-order valence-electron chi connectivity index (χ2n) is 6.20. The zero-order valence-electron chi connectivity index (χ0n) is 15.2. The highest BCUT2D eigenvalue weighted by atomic mass is 32.1. The number of fused-ring (bicyclic) bond motifs is 3. The normalized spacial score (nSPS) is 11.9. The van der Waals surface area contributed by atoms with Crippen LogP contribution in [0.2, 0.25) is 0 Å². The van der Waals surface area contributed by atoms with Crippen LogP contribution in [0, 0.1) is 11.6 Å². The number of rotatable bonds is 3. The van der Waals surface area contributed by atoms with Crippen molar-refractivity contribution in [2.75, 3.05) is 7.11 Å². The summed E-state index contributed by atoms with van der Waals surface area (Å²) in [6, 6.07) is 14.5. The molecule has 0 saturated carbocycles. The standard InChI is InChI=1S/C21H14F2N2O3S/c1-28-17(26)11-25-16-10-9-12-5-2-3-6-13(12)19(16)29-21(25)24-20(27)18-14(22)7-4-8-15(18)23/h2-10H,11H2,1H3. The average molecular weight is 412 g/mol. The third kappa shape index (κ3) is 3.42. The second-order valence-corrected chi connectivity index (χ2v) is 7.17. The minimum absolute atomic E-state index is 0.148. The number of nitrogens with zero attached hydrogens (tertiary/aromatic N) is 2. The maximum absolute atomic E-state index is 14.0. The molecule has 0 spiro atoms. The molecule has 0 aliphatic heterocycles. The SMILES string of the molecule is COC(=O)Cn1c(=NC(=O)c2c(F)cccc2F)sc2c3ccccc3ccc21. The number of hydrogen-bond donors (Lipinski definition) is 0. The molecule has 0 saturated heterocycles. The van der Waals surface area contributed by atoms with Crippen LogP contribution < -0.4 is 4.80 Å². The van der Waals surface area contributed by atoms with Crippen molar-refractivity contribution >= 4 is 44.2 Å². The highest BCUT2D eigenvalue weighted by Crippen LogP contribution is 2.27. The van der Waals surface area contributed by atoms with Gasteiger partial charge in [0.05, 0.1) is 17.3 Å². The van der Waals surface area contributed by atoms with Gasteiger partial charge in [-0.05, 0) is 23.6 Å². The number of thiazole rings is 1. The predicted molar refractivity (Wildman–Crippen MR) is 106 cm³/mol. The number of benzene rings is 3. The Morgan fingerprint density at radius 3 is 2.48 bits per heavy atom. The van der Waals surface area contributed by atoms with Gasteiger partial charge in [0.2, 0.25) is 0 Å². The van der Waals surface area contributed by atoms with Crippen LogP contribution in [0.4, 0.5) is 8.78 Å². The Kier molecular flexibility index (Phi) is 4.94. The van der Waals surface area contributed by atoms with Gasteiger partial charge in [0, 0.05) is 5.39 Å². The Morgan fingerprint density at radius 1 is 1.03 bits per heavy atom. The molecular weight excluding hydrogens is 398 g/mol. The fourth-order valence-electron chi connectivity index (χ4n) is 3.08. The summed E-state index contributed by atoms with van der Waals surface area (Å²) in [5, 5.41) is 1.89. The number of hydrogen-bond acceptors (Lipinski definition) is 4. The topological polar surface area (TPSA) is 60.7 Å². The smallest absolute Gasteiger partial charge is 0.325 e. The van der Waals surface area contributed by atoms with E-state index in [1.165, 1.54) is 17.7 Å². The summed E-state index contributed by atoms with van der Waals surface area (Å²) in [5.41, 5.74) is -0.0703. The summed E-state index contributed by atoms with van der Waals surface area (Å²) in [6.45, 7) is -0.194. The Labute approximate surface area is 167 Å². The van der Waals surface area contributed by atoms with Crippen LogP contribution in [0.5, 0.6) is 0 Å². The van der Waals surface area contributed by atoms with Crippen LogP contribution >= 0.6 is 11.3 Å². The molecule has 0 fully saturated rings. The molecule has 1 heterocycles. The monoisotopic (exact) mass is 412 g/mol. The van der Waals surface area contributed by atoms with E-state index in [1.807, 2.05) is 36.4 Å². The Bertz CT molecular complexity index is 1320. The Hall–Kier alpha value is -3.39. The first-order valence-electron chi connectivity index (χ1n) is 8.60. The van der Waals surface area contributed by atoms with Crippen LogP contribution in [-0.4, -0.2) is 23.6 Å². The molecule has 1 aromatic heterocycles. The molecule has 5 nitrogen and oxygen atoms in total. The van der Waals surface area contributed by atoms with E-state index < -0.39 is 29.1 Å². The van der Waals surface area contributed by atoms with E-state index in [4.69, 9.17) is 4.74 Å². The summed E-state index contributed by atoms with van der Waals surface area (Å²) >= 11 is 1.16. The first kappa shape index (κ1) is 18.9. The number of esters is 1. The van der Waals surface area contributed by atoms with E-state index in [9.17, 15) is 18.4 Å². The van der Waals surface area contributed by atoms with Gasteiger partial charge >= 0.3 is 5.97 Å². The van der Waals surface area contributed by atoms with Crippen LogP contribution in [0.1, 0.15) is 10.4 Å². The van der Waals surface area contributed by atoms with Gasteiger partial charge in [0.1, 0.15) is 23.7 Å². The van der Waals surface area contributed by atoms with Crippen LogP contribution in [-0.2, 0) is 16.1 Å². The molecule has 0 aliphatic carbocycles. The van der Waals surface area contributed by atoms with Gasteiger partial charge in [-0.2, -0.15) is 4.99 Å². The molecule has 1 amide bonds. The van der Waals surface area contributed by atoms with E-state index in [0.29, 0.717) is 5.52 Å². The molecule has 8 heteroatoms. The van der Waals surface area contributed by atoms with Crippen molar-refractivity contribution in [1.29, 1.82) is 0 Å². The quantitative estimate of drug-likeness (QED) is 0.477. The lowest BCUT2D eigenvalue weighted by atomic mass is 10.1. The highest BCUT2D eigenvalue weighted by molar-refractivity contribution is 7.17. The number of ether oxygens (including phenoxy) is 1. The minimum Gasteiger partial charge on any atom is -0.468 e. The van der Waals surface area contributed by atoms with Gasteiger partial charge in [-0.25, -0.2) is 8.78 Å². The largest absolute Gasteiger partial charge is 0.468 e. The zero-order valence-corrected chi connectivity index (χ0v) is 16.0. The van der Waals surface area contributed by atoms with Crippen LogP contribution in [0.3, 0.4) is 0 Å². The Morgan fingerprint density at radius 2 is 1.76 bits per heavy atom. The second kappa shape index (κ2) is 7.56. The molecule has 146 valence electrons. The predicted octanol–water partition coefficient (Wildman–Crippen LogP) is 4.05. The van der Waals surface area contributed by atoms with E-state index in [-0.39, 0.29) is 11.3 Å². The number of amides is 1. The van der Waals surface area contributed by atoms with Crippen molar-refractivity contribution in [3.8, 4) is 0 Å². The van der Waals surface area contributed by atoms with E-state index in [1.54, 1.807) is 0 Å². The van der Waals surface area contributed by atoms with Gasteiger partial charge < -0.3 is 9.30 Å². The molecular formula is C21H14F2N2O3S. The summed E-state index contributed by atoms with van der Waals surface area (Å²) in [6.07, 6.45) is 0. The van der Waals surface area contributed by atoms with Crippen molar-refractivity contribution in [3.05, 3.63) is 76.6 Å². The summed E-state index contributed by atoms with van der Waals surface area (Å²) in [5.74, 6) is -3.59. The van der Waals surface area contributed by atoms with Gasteiger partial charge in [0.25, 0.3) is 5.91 Å². The molecule has 4 aromatic rings. The van der Waals surface area contributed by atoms with Crippen molar-refractivity contribution < 1.29 is 23.1 Å². The number of aromatic nitrogens is 1. The molecule has 0 atom stereocenters. The van der Waals surface area contributed by atoms with Gasteiger partial charge in [-0.15, -0.1) is 0 Å². The van der Waals surface area contributed by atoms with Crippen molar-refractivity contribution in [3.63, 3.8) is 0 Å². The molecule has 0 bridgehead atoms. The third-order valence-electron chi connectivity index (χ3n) is 4.46. The van der Waals surface area contributed by atoms with Crippen molar-refractivity contribution in [2.24, 2.45) is 4.99 Å². The Balaban J connectivity index is 1.98. The number of carbonyl (C=O) groups is 2. The van der Waals surface area contributed by atoms with Crippen LogP contribution in [0.15, 0.2) is 59.6 Å². The molecule has 0 N–H and O–H groups in total. The molecule has 0 aliphatic rings. The highest BCUT2D eigenvalue weighted by Gasteiger charge is 2.18. The average Bonchev–Trinajstić information content (AvgIpc) is 3.05. The lowest BCUT2D eigenvalue weighted by molar-refractivity contribution is -0.141.